The van der Waals surface area contributed by atoms with E-state index in [1.807, 2.05) is 6.07 Å². The van der Waals surface area contributed by atoms with Gasteiger partial charge in [-0.1, -0.05) is 44.4 Å². The van der Waals surface area contributed by atoms with E-state index < -0.39 is 10.1 Å². The largest absolute Gasteiger partial charge is 0.507 e. The molecular weight excluding hydrogens is 328 g/mol. The van der Waals surface area contributed by atoms with E-state index in [4.69, 9.17) is 4.74 Å². The zero-order valence-corrected chi connectivity index (χ0v) is 14.4. The van der Waals surface area contributed by atoms with E-state index in [1.54, 1.807) is 24.3 Å². The number of phenolic OH excluding ortho intramolecular Hbond substituents is 1. The molecule has 130 valence electrons. The molecule has 0 unspecified atom stereocenters. The highest BCUT2D eigenvalue weighted by Crippen LogP contribution is 2.35. The number of phenols is 1. The van der Waals surface area contributed by atoms with Crippen molar-refractivity contribution in [1.29, 1.82) is 0 Å². The van der Waals surface area contributed by atoms with E-state index >= 15 is 0 Å². The summed E-state index contributed by atoms with van der Waals surface area (Å²) < 4.78 is 37.8. The van der Waals surface area contributed by atoms with Crippen LogP contribution in [-0.2, 0) is 16.5 Å². The van der Waals surface area contributed by atoms with Crippen LogP contribution in [0.5, 0.6) is 17.2 Å². The predicted molar refractivity (Wildman–Crippen MR) is 92.3 cm³/mol. The first-order valence-electron chi connectivity index (χ1n) is 7.98. The second-order valence-electron chi connectivity index (χ2n) is 5.62. The third kappa shape index (κ3) is 4.97. The number of para-hydroxylation sites is 1. The van der Waals surface area contributed by atoms with Crippen molar-refractivity contribution in [2.24, 2.45) is 0 Å². The number of hydrogen-bond donors (Lipinski definition) is 2. The normalized spacial score (nSPS) is 11.4. The molecule has 0 aliphatic carbocycles. The summed E-state index contributed by atoms with van der Waals surface area (Å²) in [6.45, 7) is 2.11. The Balaban J connectivity index is 2.36. The summed E-state index contributed by atoms with van der Waals surface area (Å²) >= 11 is 0. The van der Waals surface area contributed by atoms with E-state index in [0.29, 0.717) is 17.7 Å². The third-order valence-electron chi connectivity index (χ3n) is 3.71. The lowest BCUT2D eigenvalue weighted by Crippen LogP contribution is -2.01. The van der Waals surface area contributed by atoms with E-state index in [-0.39, 0.29) is 16.4 Å². The van der Waals surface area contributed by atoms with Crippen LogP contribution in [0.2, 0.25) is 0 Å². The molecule has 2 rings (SSSR count). The minimum absolute atomic E-state index is 0.187. The van der Waals surface area contributed by atoms with Crippen molar-refractivity contribution < 1.29 is 22.8 Å². The molecule has 0 heterocycles. The summed E-state index contributed by atoms with van der Waals surface area (Å²) in [6.07, 6.45) is 4.64. The molecule has 0 fully saturated rings. The average molecular weight is 350 g/mol. The van der Waals surface area contributed by atoms with Gasteiger partial charge in [0.05, 0.1) is 0 Å². The van der Waals surface area contributed by atoms with Crippen molar-refractivity contribution in [2.45, 2.75) is 43.9 Å². The molecule has 0 aliphatic rings. The summed E-state index contributed by atoms with van der Waals surface area (Å²) in [4.78, 5) is -0.386. The minimum Gasteiger partial charge on any atom is -0.507 e. The Bertz CT molecular complexity index is 769. The van der Waals surface area contributed by atoms with E-state index in [1.165, 1.54) is 6.07 Å². The lowest BCUT2D eigenvalue weighted by molar-refractivity contribution is 0.434. The van der Waals surface area contributed by atoms with Crippen LogP contribution in [0.3, 0.4) is 0 Å². The Labute approximate surface area is 142 Å². The van der Waals surface area contributed by atoms with E-state index in [0.717, 1.165) is 31.7 Å². The van der Waals surface area contributed by atoms with E-state index in [9.17, 15) is 18.1 Å². The molecule has 2 aromatic carbocycles. The van der Waals surface area contributed by atoms with Crippen LogP contribution < -0.4 is 4.74 Å². The van der Waals surface area contributed by atoms with Gasteiger partial charge in [0.1, 0.15) is 22.1 Å². The maximum atomic E-state index is 11.4. The number of benzene rings is 2. The predicted octanol–water partition coefficient (Wildman–Crippen LogP) is 4.55. The number of ether oxygens (including phenoxy) is 1. The first kappa shape index (κ1) is 18.3. The number of rotatable bonds is 8. The van der Waals surface area contributed by atoms with Crippen molar-refractivity contribution in [3.63, 3.8) is 0 Å². The first-order valence-corrected chi connectivity index (χ1v) is 9.42. The van der Waals surface area contributed by atoms with Gasteiger partial charge in [0, 0.05) is 17.7 Å². The molecule has 6 heteroatoms. The maximum absolute atomic E-state index is 11.4. The van der Waals surface area contributed by atoms with Gasteiger partial charge in [0.25, 0.3) is 10.1 Å². The van der Waals surface area contributed by atoms with Crippen molar-refractivity contribution in [1.82, 2.24) is 0 Å². The number of unbranched alkanes of at least 4 members (excludes halogenated alkanes) is 3. The van der Waals surface area contributed by atoms with Gasteiger partial charge in [0.2, 0.25) is 0 Å². The Morgan fingerprint density at radius 2 is 1.75 bits per heavy atom. The van der Waals surface area contributed by atoms with Gasteiger partial charge in [-0.05, 0) is 25.0 Å². The van der Waals surface area contributed by atoms with Crippen LogP contribution in [0.25, 0.3) is 0 Å². The third-order valence-corrected chi connectivity index (χ3v) is 4.54. The van der Waals surface area contributed by atoms with Gasteiger partial charge in [-0.3, -0.25) is 4.55 Å². The average Bonchev–Trinajstić information content (AvgIpc) is 2.53. The molecular formula is C18H22O5S. The standard InChI is InChI=1S/C18H22O5S/c1-2-3-4-8-11-16-17(19)12-15(24(20,21)22)13-18(16)23-14-9-6-5-7-10-14/h5-7,9-10,12-13,19H,2-4,8,11H2,1H3,(H,20,21,22). The topological polar surface area (TPSA) is 83.8 Å². The summed E-state index contributed by atoms with van der Waals surface area (Å²) in [5.41, 5.74) is 0.544. The first-order chi connectivity index (χ1) is 11.4. The molecule has 2 N–H and O–H groups in total. The van der Waals surface area contributed by atoms with Crippen LogP contribution in [0, 0.1) is 0 Å². The van der Waals surface area contributed by atoms with Crippen LogP contribution in [0.15, 0.2) is 47.4 Å². The van der Waals surface area contributed by atoms with Crippen molar-refractivity contribution in [3.05, 3.63) is 48.0 Å². The Hall–Kier alpha value is -2.05. The fourth-order valence-electron chi connectivity index (χ4n) is 2.44. The summed E-state index contributed by atoms with van der Waals surface area (Å²) in [5.74, 6) is 0.581. The second-order valence-corrected chi connectivity index (χ2v) is 7.04. The fraction of sp³-hybridized carbons (Fsp3) is 0.333. The lowest BCUT2D eigenvalue weighted by Gasteiger charge is -2.14. The Morgan fingerprint density at radius 3 is 2.38 bits per heavy atom. The molecule has 0 saturated heterocycles. The zero-order valence-electron chi connectivity index (χ0n) is 13.6. The SMILES string of the molecule is CCCCCCc1c(O)cc(S(=O)(=O)O)cc1Oc1ccccc1. The van der Waals surface area contributed by atoms with Gasteiger partial charge in [0.15, 0.2) is 0 Å². The molecule has 0 atom stereocenters. The molecule has 0 radical (unpaired) electrons. The molecule has 2 aromatic rings. The molecule has 0 aliphatic heterocycles. The van der Waals surface area contributed by atoms with Gasteiger partial charge >= 0.3 is 0 Å². The second kappa shape index (κ2) is 8.17. The summed E-state index contributed by atoms with van der Waals surface area (Å²) in [5, 5.41) is 10.2. The van der Waals surface area contributed by atoms with Gasteiger partial charge < -0.3 is 9.84 Å². The van der Waals surface area contributed by atoms with Gasteiger partial charge in [-0.15, -0.1) is 0 Å². The maximum Gasteiger partial charge on any atom is 0.294 e. The van der Waals surface area contributed by atoms with Gasteiger partial charge in [-0.25, -0.2) is 0 Å². The van der Waals surface area contributed by atoms with Crippen LogP contribution in [0.1, 0.15) is 38.2 Å². The molecule has 0 saturated carbocycles. The smallest absolute Gasteiger partial charge is 0.294 e. The molecule has 0 spiro atoms. The van der Waals surface area contributed by atoms with Crippen molar-refractivity contribution >= 4 is 10.1 Å². The fourth-order valence-corrected chi connectivity index (χ4v) is 2.96. The summed E-state index contributed by atoms with van der Waals surface area (Å²) in [7, 11) is -4.43. The molecule has 0 amide bonds. The monoisotopic (exact) mass is 350 g/mol. The van der Waals surface area contributed by atoms with Crippen molar-refractivity contribution in [2.75, 3.05) is 0 Å². The van der Waals surface area contributed by atoms with Crippen LogP contribution >= 0.6 is 0 Å². The lowest BCUT2D eigenvalue weighted by atomic mass is 10.0. The molecule has 5 nitrogen and oxygen atoms in total. The zero-order chi connectivity index (χ0) is 17.6. The molecule has 24 heavy (non-hydrogen) atoms. The minimum atomic E-state index is -4.43. The highest BCUT2D eigenvalue weighted by Gasteiger charge is 2.18. The Morgan fingerprint density at radius 1 is 1.04 bits per heavy atom. The summed E-state index contributed by atoms with van der Waals surface area (Å²) in [6, 6.07) is 11.2. The highest BCUT2D eigenvalue weighted by atomic mass is 32.2. The highest BCUT2D eigenvalue weighted by molar-refractivity contribution is 7.85. The van der Waals surface area contributed by atoms with Crippen LogP contribution in [-0.4, -0.2) is 18.1 Å². The number of hydrogen-bond acceptors (Lipinski definition) is 4. The number of aromatic hydroxyl groups is 1. The van der Waals surface area contributed by atoms with Crippen molar-refractivity contribution in [3.8, 4) is 17.2 Å². The molecule has 0 aromatic heterocycles. The van der Waals surface area contributed by atoms with Crippen LogP contribution in [0.4, 0.5) is 0 Å². The van der Waals surface area contributed by atoms with E-state index in [2.05, 4.69) is 6.92 Å². The Kier molecular flexibility index (Phi) is 6.23. The molecule has 0 bridgehead atoms. The quantitative estimate of drug-likeness (QED) is 0.539. The van der Waals surface area contributed by atoms with Gasteiger partial charge in [-0.2, -0.15) is 8.42 Å².